The number of amides is 3. The summed E-state index contributed by atoms with van der Waals surface area (Å²) >= 11 is 1.18. The SMILES string of the molecule is C1CCNCC1.NC(=O)c1sc2nccc3c2c1NC(=O)N3c1ccc(-c2ccccc2)cc1. The van der Waals surface area contributed by atoms with Crippen molar-refractivity contribution in [3.05, 3.63) is 71.7 Å². The molecule has 4 aromatic rings. The highest BCUT2D eigenvalue weighted by Gasteiger charge is 2.32. The molecule has 4 heterocycles. The Hall–Kier alpha value is -3.75. The zero-order valence-corrected chi connectivity index (χ0v) is 19.4. The summed E-state index contributed by atoms with van der Waals surface area (Å²) in [6.07, 6.45) is 5.85. The van der Waals surface area contributed by atoms with Crippen molar-refractivity contribution >= 4 is 50.6 Å². The van der Waals surface area contributed by atoms with E-state index in [1.165, 1.54) is 43.7 Å². The fourth-order valence-corrected chi connectivity index (χ4v) is 5.22. The maximum absolute atomic E-state index is 12.9. The van der Waals surface area contributed by atoms with Crippen LogP contribution < -0.4 is 21.3 Å². The third kappa shape index (κ3) is 4.25. The van der Waals surface area contributed by atoms with Crippen molar-refractivity contribution in [3.8, 4) is 11.1 Å². The maximum atomic E-state index is 12.9. The van der Waals surface area contributed by atoms with Gasteiger partial charge in [0, 0.05) is 6.20 Å². The van der Waals surface area contributed by atoms with Gasteiger partial charge in [-0.15, -0.1) is 11.3 Å². The van der Waals surface area contributed by atoms with E-state index in [-0.39, 0.29) is 6.03 Å². The summed E-state index contributed by atoms with van der Waals surface area (Å²) < 4.78 is 0. The molecule has 0 bridgehead atoms. The second kappa shape index (κ2) is 9.62. The van der Waals surface area contributed by atoms with Gasteiger partial charge >= 0.3 is 6.03 Å². The molecular formula is C26H25N5O2S. The van der Waals surface area contributed by atoms with Crippen LogP contribution in [-0.2, 0) is 0 Å². The Labute approximate surface area is 201 Å². The highest BCUT2D eigenvalue weighted by molar-refractivity contribution is 7.21. The van der Waals surface area contributed by atoms with Gasteiger partial charge in [0.2, 0.25) is 0 Å². The van der Waals surface area contributed by atoms with Gasteiger partial charge < -0.3 is 16.4 Å². The summed E-state index contributed by atoms with van der Waals surface area (Å²) in [4.78, 5) is 31.5. The van der Waals surface area contributed by atoms with Crippen LogP contribution in [-0.4, -0.2) is 30.0 Å². The first-order valence-corrected chi connectivity index (χ1v) is 12.1. The number of benzene rings is 2. The zero-order valence-electron chi connectivity index (χ0n) is 18.6. The number of thiophene rings is 1. The smallest absolute Gasteiger partial charge is 0.331 e. The van der Waals surface area contributed by atoms with Crippen molar-refractivity contribution in [2.45, 2.75) is 19.3 Å². The molecule has 0 unspecified atom stereocenters. The van der Waals surface area contributed by atoms with Crippen LogP contribution >= 0.6 is 11.3 Å². The van der Waals surface area contributed by atoms with E-state index in [0.29, 0.717) is 21.1 Å². The van der Waals surface area contributed by atoms with Gasteiger partial charge in [0.05, 0.1) is 22.4 Å². The minimum absolute atomic E-state index is 0.308. The number of nitrogens with zero attached hydrogens (tertiary/aromatic N) is 2. The number of primary amides is 1. The average molecular weight is 472 g/mol. The van der Waals surface area contributed by atoms with Gasteiger partial charge in [0.25, 0.3) is 5.91 Å². The summed E-state index contributed by atoms with van der Waals surface area (Å²) in [7, 11) is 0. The van der Waals surface area contributed by atoms with E-state index in [0.717, 1.165) is 22.2 Å². The molecule has 0 aliphatic carbocycles. The molecule has 6 rings (SSSR count). The molecule has 8 heteroatoms. The lowest BCUT2D eigenvalue weighted by Crippen LogP contribution is -2.34. The minimum Gasteiger partial charge on any atom is -0.365 e. The van der Waals surface area contributed by atoms with E-state index in [9.17, 15) is 9.59 Å². The third-order valence-corrected chi connectivity index (χ3v) is 7.02. The predicted molar refractivity (Wildman–Crippen MR) is 138 cm³/mol. The lowest BCUT2D eigenvalue weighted by molar-refractivity contribution is 0.100. The van der Waals surface area contributed by atoms with Crippen LogP contribution in [0.3, 0.4) is 0 Å². The second-order valence-electron chi connectivity index (χ2n) is 8.17. The van der Waals surface area contributed by atoms with Crippen LogP contribution in [0.4, 0.5) is 21.9 Å². The lowest BCUT2D eigenvalue weighted by Gasteiger charge is -2.28. The molecule has 0 radical (unpaired) electrons. The zero-order chi connectivity index (χ0) is 23.5. The number of hydrogen-bond acceptors (Lipinski definition) is 5. The summed E-state index contributed by atoms with van der Waals surface area (Å²) in [5.41, 5.74) is 9.49. The number of carbonyl (C=O) groups excluding carboxylic acids is 2. The fourth-order valence-electron chi connectivity index (χ4n) is 4.25. The first kappa shape index (κ1) is 22.1. The molecule has 7 nitrogen and oxygen atoms in total. The normalized spacial score (nSPS) is 14.8. The Kier molecular flexibility index (Phi) is 6.24. The van der Waals surface area contributed by atoms with Crippen LogP contribution in [0.25, 0.3) is 21.3 Å². The van der Waals surface area contributed by atoms with Crippen LogP contribution in [0, 0.1) is 0 Å². The van der Waals surface area contributed by atoms with Crippen LogP contribution in [0.5, 0.6) is 0 Å². The molecule has 4 N–H and O–H groups in total. The lowest BCUT2D eigenvalue weighted by atomic mass is 10.0. The van der Waals surface area contributed by atoms with Crippen molar-refractivity contribution in [3.63, 3.8) is 0 Å². The molecule has 2 aliphatic rings. The van der Waals surface area contributed by atoms with Gasteiger partial charge in [-0.1, -0.05) is 48.9 Å². The molecule has 0 spiro atoms. The number of urea groups is 1. The van der Waals surface area contributed by atoms with Crippen LogP contribution in [0.15, 0.2) is 66.9 Å². The molecule has 3 amide bonds. The Balaban J connectivity index is 0.000000351. The number of carbonyl (C=O) groups is 2. The monoisotopic (exact) mass is 471 g/mol. The summed E-state index contributed by atoms with van der Waals surface area (Å²) in [5.74, 6) is -0.579. The van der Waals surface area contributed by atoms with E-state index in [4.69, 9.17) is 5.73 Å². The summed E-state index contributed by atoms with van der Waals surface area (Å²) in [6, 6.07) is 19.2. The molecule has 2 aliphatic heterocycles. The molecule has 2 aromatic carbocycles. The minimum atomic E-state index is -0.579. The first-order valence-electron chi connectivity index (χ1n) is 11.3. The molecule has 34 heavy (non-hydrogen) atoms. The van der Waals surface area contributed by atoms with Gasteiger partial charge in [-0.05, 0) is 55.3 Å². The topological polar surface area (TPSA) is 100 Å². The standard InChI is InChI=1S/C21H14N4O2S.C5H11N/c22-19(26)18-17-16-15(10-11-23-20(16)28-18)25(21(27)24-17)14-8-6-13(7-9-14)12-4-2-1-3-5-12;1-2-4-6-5-3-1/h1-11H,(H2,22,26)(H,24,27);6H,1-5H2. The number of anilines is 3. The van der Waals surface area contributed by atoms with E-state index < -0.39 is 5.91 Å². The quantitative estimate of drug-likeness (QED) is 0.367. The highest BCUT2D eigenvalue weighted by atomic mass is 32.1. The molecule has 0 saturated carbocycles. The van der Waals surface area contributed by atoms with Crippen LogP contribution in [0.1, 0.15) is 28.9 Å². The highest BCUT2D eigenvalue weighted by Crippen LogP contribution is 2.45. The molecule has 172 valence electrons. The number of rotatable bonds is 3. The largest absolute Gasteiger partial charge is 0.365 e. The predicted octanol–water partition coefficient (Wildman–Crippen LogP) is 5.51. The van der Waals surface area contributed by atoms with Crippen molar-refractivity contribution in [2.24, 2.45) is 5.73 Å². The van der Waals surface area contributed by atoms with E-state index >= 15 is 0 Å². The van der Waals surface area contributed by atoms with Gasteiger partial charge in [-0.3, -0.25) is 9.69 Å². The van der Waals surface area contributed by atoms with Gasteiger partial charge in [-0.2, -0.15) is 0 Å². The summed E-state index contributed by atoms with van der Waals surface area (Å²) in [6.45, 7) is 2.50. The molecule has 0 atom stereocenters. The Morgan fingerprint density at radius 1 is 0.941 bits per heavy atom. The molecule has 1 saturated heterocycles. The van der Waals surface area contributed by atoms with Crippen molar-refractivity contribution in [1.82, 2.24) is 10.3 Å². The van der Waals surface area contributed by atoms with E-state index in [1.54, 1.807) is 17.2 Å². The maximum Gasteiger partial charge on any atom is 0.331 e. The first-order chi connectivity index (χ1) is 16.6. The molecule has 1 fully saturated rings. The molecular weight excluding hydrogens is 446 g/mol. The third-order valence-electron chi connectivity index (χ3n) is 5.91. The van der Waals surface area contributed by atoms with Gasteiger partial charge in [0.15, 0.2) is 0 Å². The Bertz CT molecular complexity index is 1320. The molecule has 2 aromatic heterocycles. The van der Waals surface area contributed by atoms with Crippen molar-refractivity contribution in [1.29, 1.82) is 0 Å². The van der Waals surface area contributed by atoms with Crippen molar-refractivity contribution in [2.75, 3.05) is 23.3 Å². The van der Waals surface area contributed by atoms with E-state index in [1.807, 2.05) is 54.6 Å². The Morgan fingerprint density at radius 2 is 1.65 bits per heavy atom. The number of piperidine rings is 1. The number of hydrogen-bond donors (Lipinski definition) is 3. The second-order valence-corrected chi connectivity index (χ2v) is 9.17. The Morgan fingerprint density at radius 3 is 2.26 bits per heavy atom. The number of aromatic nitrogens is 1. The van der Waals surface area contributed by atoms with E-state index in [2.05, 4.69) is 15.6 Å². The summed E-state index contributed by atoms with van der Waals surface area (Å²) in [5, 5.41) is 6.82. The van der Waals surface area contributed by atoms with Crippen LogP contribution in [0.2, 0.25) is 0 Å². The number of nitrogens with one attached hydrogen (secondary N) is 2. The number of nitrogens with two attached hydrogens (primary N) is 1. The fraction of sp³-hybridized carbons (Fsp3) is 0.192. The van der Waals surface area contributed by atoms with Gasteiger partial charge in [0.1, 0.15) is 9.71 Å². The number of pyridine rings is 1. The van der Waals surface area contributed by atoms with Gasteiger partial charge in [-0.25, -0.2) is 9.78 Å². The average Bonchev–Trinajstić information content (AvgIpc) is 3.26. The van der Waals surface area contributed by atoms with Crippen molar-refractivity contribution < 1.29 is 9.59 Å².